The normalized spacial score (nSPS) is 16.4. The predicted octanol–water partition coefficient (Wildman–Crippen LogP) is 3.73. The molecule has 0 spiro atoms. The highest BCUT2D eigenvalue weighted by Crippen LogP contribution is 2.49. The predicted molar refractivity (Wildman–Crippen MR) is 68.8 cm³/mol. The summed E-state index contributed by atoms with van der Waals surface area (Å²) in [5.41, 5.74) is 4.26. The molecule has 2 rings (SSSR count). The van der Waals surface area contributed by atoms with Crippen molar-refractivity contribution in [2.24, 2.45) is 0 Å². The molecule has 0 radical (unpaired) electrons. The number of aryl methyl sites for hydroxylation is 3. The van der Waals surface area contributed by atoms with Gasteiger partial charge in [-0.2, -0.15) is 0 Å². The molecule has 0 amide bonds. The van der Waals surface area contributed by atoms with Gasteiger partial charge in [-0.15, -0.1) is 0 Å². The van der Waals surface area contributed by atoms with Crippen molar-refractivity contribution in [1.82, 2.24) is 9.97 Å². The molecule has 0 atom stereocenters. The molecule has 0 aliphatic heterocycles. The van der Waals surface area contributed by atoms with Gasteiger partial charge in [-0.1, -0.05) is 27.7 Å². The van der Waals surface area contributed by atoms with E-state index in [1.54, 1.807) is 0 Å². The van der Waals surface area contributed by atoms with Gasteiger partial charge >= 0.3 is 0 Å². The van der Waals surface area contributed by atoms with Gasteiger partial charge in [-0.05, 0) is 38.5 Å². The van der Waals surface area contributed by atoms with Crippen LogP contribution in [0.3, 0.4) is 0 Å². The van der Waals surface area contributed by atoms with Crippen LogP contribution in [-0.2, 0) is 11.8 Å². The maximum Gasteiger partial charge on any atom is 0.125 e. The number of hydrogen-bond donors (Lipinski definition) is 0. The summed E-state index contributed by atoms with van der Waals surface area (Å²) in [4.78, 5) is 9.03. The maximum absolute atomic E-state index is 4.55. The van der Waals surface area contributed by atoms with E-state index in [1.807, 2.05) is 20.8 Å². The summed E-state index contributed by atoms with van der Waals surface area (Å²) in [6.07, 6.45) is 3.62. The monoisotopic (exact) mass is 220 g/mol. The Labute approximate surface area is 99.5 Å². The average molecular weight is 220 g/mol. The van der Waals surface area contributed by atoms with Crippen LogP contribution >= 0.6 is 0 Å². The zero-order valence-corrected chi connectivity index (χ0v) is 11.5. The maximum atomic E-state index is 4.55. The molecule has 1 aliphatic carbocycles. The van der Waals surface area contributed by atoms with Gasteiger partial charge in [0.2, 0.25) is 0 Å². The van der Waals surface area contributed by atoms with Crippen LogP contribution in [0.25, 0.3) is 0 Å². The second-order valence-corrected chi connectivity index (χ2v) is 4.59. The molecule has 90 valence electrons. The molecular weight excluding hydrogens is 196 g/mol. The van der Waals surface area contributed by atoms with Crippen LogP contribution in [0.5, 0.6) is 0 Å². The molecule has 0 saturated heterocycles. The van der Waals surface area contributed by atoms with E-state index in [0.29, 0.717) is 5.41 Å². The van der Waals surface area contributed by atoms with Crippen molar-refractivity contribution >= 4 is 0 Å². The quantitative estimate of drug-likeness (QED) is 0.759. The van der Waals surface area contributed by atoms with Gasteiger partial charge in [0.05, 0.1) is 0 Å². The highest BCUT2D eigenvalue weighted by atomic mass is 14.9. The third-order valence-electron chi connectivity index (χ3n) is 3.22. The Morgan fingerprint density at radius 2 is 1.69 bits per heavy atom. The van der Waals surface area contributed by atoms with Gasteiger partial charge in [0.15, 0.2) is 0 Å². The van der Waals surface area contributed by atoms with E-state index in [0.717, 1.165) is 12.2 Å². The second kappa shape index (κ2) is 4.94. The topological polar surface area (TPSA) is 25.8 Å². The standard InChI is InChI=1S/C12H18N2.C2H6/c1-5-10-11(12(4)6-7-12)8(2)13-9(3)14-10;1-2/h5-7H2,1-4H3;1-2H3. The zero-order chi connectivity index (χ0) is 12.3. The number of hydrogen-bond acceptors (Lipinski definition) is 2. The molecule has 0 N–H and O–H groups in total. The molecule has 1 heterocycles. The van der Waals surface area contributed by atoms with Crippen LogP contribution in [0, 0.1) is 13.8 Å². The van der Waals surface area contributed by atoms with Crippen LogP contribution in [0.2, 0.25) is 0 Å². The minimum absolute atomic E-state index is 0.392. The van der Waals surface area contributed by atoms with Crippen molar-refractivity contribution in [3.05, 3.63) is 22.8 Å². The van der Waals surface area contributed by atoms with Gasteiger partial charge in [-0.25, -0.2) is 9.97 Å². The highest BCUT2D eigenvalue weighted by molar-refractivity contribution is 5.37. The number of aromatic nitrogens is 2. The molecule has 1 aliphatic rings. The van der Waals surface area contributed by atoms with Crippen LogP contribution in [0.4, 0.5) is 0 Å². The Balaban J connectivity index is 0.000000606. The van der Waals surface area contributed by atoms with E-state index in [9.17, 15) is 0 Å². The number of rotatable bonds is 2. The van der Waals surface area contributed by atoms with E-state index < -0.39 is 0 Å². The molecule has 1 aromatic rings. The molecule has 0 aromatic carbocycles. The fourth-order valence-electron chi connectivity index (χ4n) is 2.26. The van der Waals surface area contributed by atoms with Crippen molar-refractivity contribution < 1.29 is 0 Å². The molecule has 16 heavy (non-hydrogen) atoms. The van der Waals surface area contributed by atoms with E-state index in [4.69, 9.17) is 0 Å². The first-order valence-electron chi connectivity index (χ1n) is 6.41. The van der Waals surface area contributed by atoms with Gasteiger partial charge < -0.3 is 0 Å². The summed E-state index contributed by atoms with van der Waals surface area (Å²) in [6, 6.07) is 0. The first-order valence-corrected chi connectivity index (χ1v) is 6.41. The molecule has 2 nitrogen and oxygen atoms in total. The minimum Gasteiger partial charge on any atom is -0.238 e. The van der Waals surface area contributed by atoms with Crippen molar-refractivity contribution in [3.63, 3.8) is 0 Å². The lowest BCUT2D eigenvalue weighted by molar-refractivity contribution is 0.727. The molecule has 1 fully saturated rings. The lowest BCUT2D eigenvalue weighted by Gasteiger charge is -2.16. The van der Waals surface area contributed by atoms with Gasteiger partial charge in [0, 0.05) is 17.0 Å². The van der Waals surface area contributed by atoms with Crippen LogP contribution in [-0.4, -0.2) is 9.97 Å². The Bertz CT molecular complexity index is 365. The van der Waals surface area contributed by atoms with E-state index >= 15 is 0 Å². The van der Waals surface area contributed by atoms with Gasteiger partial charge in [0.25, 0.3) is 0 Å². The zero-order valence-electron chi connectivity index (χ0n) is 11.5. The van der Waals surface area contributed by atoms with Crippen molar-refractivity contribution in [2.75, 3.05) is 0 Å². The molecule has 2 heteroatoms. The third kappa shape index (κ3) is 2.42. The Morgan fingerprint density at radius 1 is 1.12 bits per heavy atom. The molecule has 1 aromatic heterocycles. The number of nitrogens with zero attached hydrogens (tertiary/aromatic N) is 2. The van der Waals surface area contributed by atoms with Crippen molar-refractivity contribution in [3.8, 4) is 0 Å². The molecular formula is C14H24N2. The fraction of sp³-hybridized carbons (Fsp3) is 0.714. The summed E-state index contributed by atoms with van der Waals surface area (Å²) in [5, 5.41) is 0. The Hall–Kier alpha value is -0.920. The minimum atomic E-state index is 0.392. The smallest absolute Gasteiger partial charge is 0.125 e. The van der Waals surface area contributed by atoms with Crippen molar-refractivity contribution in [2.45, 2.75) is 66.2 Å². The average Bonchev–Trinajstić information content (AvgIpc) is 2.98. The summed E-state index contributed by atoms with van der Waals surface area (Å²) in [6.45, 7) is 12.6. The summed E-state index contributed by atoms with van der Waals surface area (Å²) in [5.74, 6) is 0.910. The first kappa shape index (κ1) is 13.1. The summed E-state index contributed by atoms with van der Waals surface area (Å²) in [7, 11) is 0. The molecule has 0 bridgehead atoms. The Morgan fingerprint density at radius 3 is 2.12 bits per heavy atom. The second-order valence-electron chi connectivity index (χ2n) is 4.59. The largest absolute Gasteiger partial charge is 0.238 e. The summed E-state index contributed by atoms with van der Waals surface area (Å²) >= 11 is 0. The summed E-state index contributed by atoms with van der Waals surface area (Å²) < 4.78 is 0. The highest BCUT2D eigenvalue weighted by Gasteiger charge is 2.42. The first-order chi connectivity index (χ1) is 7.57. The molecule has 0 unspecified atom stereocenters. The van der Waals surface area contributed by atoms with Crippen molar-refractivity contribution in [1.29, 1.82) is 0 Å². The van der Waals surface area contributed by atoms with E-state index in [1.165, 1.54) is 29.8 Å². The van der Waals surface area contributed by atoms with Gasteiger partial charge in [-0.3, -0.25) is 0 Å². The Kier molecular flexibility index (Phi) is 4.06. The lowest BCUT2D eigenvalue weighted by Crippen LogP contribution is -2.12. The third-order valence-corrected chi connectivity index (χ3v) is 3.22. The van der Waals surface area contributed by atoms with Crippen LogP contribution < -0.4 is 0 Å². The van der Waals surface area contributed by atoms with Crippen LogP contribution in [0.1, 0.15) is 63.3 Å². The van der Waals surface area contributed by atoms with E-state index in [-0.39, 0.29) is 0 Å². The fourth-order valence-corrected chi connectivity index (χ4v) is 2.26. The van der Waals surface area contributed by atoms with Crippen LogP contribution in [0.15, 0.2) is 0 Å². The lowest BCUT2D eigenvalue weighted by atomic mass is 9.94. The SMILES string of the molecule is CC.CCc1nc(C)nc(C)c1C1(C)CC1. The van der Waals surface area contributed by atoms with E-state index in [2.05, 4.69) is 30.7 Å². The van der Waals surface area contributed by atoms with Gasteiger partial charge in [0.1, 0.15) is 5.82 Å². The molecule has 1 saturated carbocycles.